The highest BCUT2D eigenvalue weighted by molar-refractivity contribution is 7.91. The molecule has 6 nitrogen and oxygen atoms in total. The van der Waals surface area contributed by atoms with Crippen LogP contribution in [0, 0.1) is 0 Å². The van der Waals surface area contributed by atoms with Gasteiger partial charge < -0.3 is 4.90 Å². The van der Waals surface area contributed by atoms with Gasteiger partial charge in [0.1, 0.15) is 12.2 Å². The molecular weight excluding hydrogens is 252 g/mol. The first-order valence-corrected chi connectivity index (χ1v) is 8.11. The Morgan fingerprint density at radius 3 is 2.94 bits per heavy atom. The van der Waals surface area contributed by atoms with Crippen molar-refractivity contribution >= 4 is 9.84 Å². The summed E-state index contributed by atoms with van der Waals surface area (Å²) in [5.41, 5.74) is 0. The lowest BCUT2D eigenvalue weighted by Crippen LogP contribution is -2.34. The van der Waals surface area contributed by atoms with Crippen LogP contribution in [0.15, 0.2) is 6.33 Å². The molecule has 1 aromatic rings. The number of likely N-dealkylation sites (N-methyl/N-ethyl adjacent to an activating group) is 1. The van der Waals surface area contributed by atoms with Crippen LogP contribution in [0.5, 0.6) is 0 Å². The van der Waals surface area contributed by atoms with Crippen molar-refractivity contribution in [3.8, 4) is 0 Å². The number of rotatable bonds is 5. The molecule has 0 spiro atoms. The third-order valence-electron chi connectivity index (χ3n) is 3.52. The minimum Gasteiger partial charge on any atom is -0.302 e. The SMILES string of the molecule is CCn1ncnc1CCN(C)[C@@H]1CCS(=O)(=O)C1. The van der Waals surface area contributed by atoms with Crippen molar-refractivity contribution < 1.29 is 8.42 Å². The molecule has 0 radical (unpaired) electrons. The van der Waals surface area contributed by atoms with Gasteiger partial charge >= 0.3 is 0 Å². The molecule has 7 heteroatoms. The van der Waals surface area contributed by atoms with Crippen molar-refractivity contribution in [3.05, 3.63) is 12.2 Å². The second-order valence-electron chi connectivity index (χ2n) is 4.78. The fraction of sp³-hybridized carbons (Fsp3) is 0.818. The molecule has 1 aliphatic heterocycles. The summed E-state index contributed by atoms with van der Waals surface area (Å²) in [6.45, 7) is 3.67. The first-order valence-electron chi connectivity index (χ1n) is 6.29. The van der Waals surface area contributed by atoms with E-state index in [1.54, 1.807) is 6.33 Å². The van der Waals surface area contributed by atoms with Gasteiger partial charge in [0, 0.05) is 25.6 Å². The molecule has 0 saturated carbocycles. The lowest BCUT2D eigenvalue weighted by molar-refractivity contribution is 0.262. The van der Waals surface area contributed by atoms with E-state index in [9.17, 15) is 8.42 Å². The summed E-state index contributed by atoms with van der Waals surface area (Å²) >= 11 is 0. The first-order chi connectivity index (χ1) is 8.52. The van der Waals surface area contributed by atoms with Crippen LogP contribution < -0.4 is 0 Å². The predicted octanol–water partition coefficient (Wildman–Crippen LogP) is -0.0406. The lowest BCUT2D eigenvalue weighted by Gasteiger charge is -2.22. The Labute approximate surface area is 108 Å². The van der Waals surface area contributed by atoms with Gasteiger partial charge in [-0.1, -0.05) is 0 Å². The van der Waals surface area contributed by atoms with Gasteiger partial charge in [0.2, 0.25) is 0 Å². The maximum atomic E-state index is 11.4. The van der Waals surface area contributed by atoms with E-state index in [-0.39, 0.29) is 6.04 Å². The van der Waals surface area contributed by atoms with Gasteiger partial charge in [-0.25, -0.2) is 13.4 Å². The molecule has 102 valence electrons. The van der Waals surface area contributed by atoms with E-state index in [0.717, 1.165) is 31.8 Å². The smallest absolute Gasteiger partial charge is 0.151 e. The molecule has 0 aromatic carbocycles. The van der Waals surface area contributed by atoms with Crippen molar-refractivity contribution in [1.29, 1.82) is 0 Å². The standard InChI is InChI=1S/C11H20N4O2S/c1-3-15-11(12-9-13-15)4-6-14(2)10-5-7-18(16,17)8-10/h9-10H,3-8H2,1-2H3/t10-/m1/s1. The third-order valence-corrected chi connectivity index (χ3v) is 5.27. The van der Waals surface area contributed by atoms with Gasteiger partial charge in [-0.3, -0.25) is 4.68 Å². The van der Waals surface area contributed by atoms with Crippen LogP contribution in [0.4, 0.5) is 0 Å². The van der Waals surface area contributed by atoms with Crippen LogP contribution in [0.1, 0.15) is 19.2 Å². The molecule has 1 atom stereocenters. The van der Waals surface area contributed by atoms with E-state index in [4.69, 9.17) is 0 Å². The van der Waals surface area contributed by atoms with Gasteiger partial charge in [0.15, 0.2) is 9.84 Å². The highest BCUT2D eigenvalue weighted by Gasteiger charge is 2.30. The lowest BCUT2D eigenvalue weighted by atomic mass is 10.2. The average Bonchev–Trinajstić information content (AvgIpc) is 2.91. The number of nitrogens with zero attached hydrogens (tertiary/aromatic N) is 4. The number of aromatic nitrogens is 3. The summed E-state index contributed by atoms with van der Waals surface area (Å²) in [5.74, 6) is 1.59. The molecule has 1 aliphatic rings. The topological polar surface area (TPSA) is 68.1 Å². The quantitative estimate of drug-likeness (QED) is 0.752. The molecular formula is C11H20N4O2S. The van der Waals surface area contributed by atoms with Crippen molar-refractivity contribution in [2.75, 3.05) is 25.1 Å². The number of hydrogen-bond donors (Lipinski definition) is 0. The summed E-state index contributed by atoms with van der Waals surface area (Å²) in [5, 5.41) is 4.12. The Morgan fingerprint density at radius 2 is 2.33 bits per heavy atom. The minimum atomic E-state index is -2.80. The monoisotopic (exact) mass is 272 g/mol. The van der Waals surface area contributed by atoms with Crippen molar-refractivity contribution in [3.63, 3.8) is 0 Å². The zero-order chi connectivity index (χ0) is 13.2. The van der Waals surface area contributed by atoms with E-state index in [1.807, 2.05) is 18.7 Å². The Kier molecular flexibility index (Phi) is 4.01. The Balaban J connectivity index is 1.87. The predicted molar refractivity (Wildman–Crippen MR) is 69.1 cm³/mol. The minimum absolute atomic E-state index is 0.160. The summed E-state index contributed by atoms with van der Waals surface area (Å²) in [6, 6.07) is 0.160. The van der Waals surface area contributed by atoms with E-state index >= 15 is 0 Å². The summed E-state index contributed by atoms with van der Waals surface area (Å²) in [4.78, 5) is 6.35. The van der Waals surface area contributed by atoms with Crippen LogP contribution in [0.3, 0.4) is 0 Å². The molecule has 0 unspecified atom stereocenters. The number of sulfone groups is 1. The third kappa shape index (κ3) is 3.08. The highest BCUT2D eigenvalue weighted by Crippen LogP contribution is 2.16. The van der Waals surface area contributed by atoms with E-state index in [1.165, 1.54) is 0 Å². The molecule has 0 aliphatic carbocycles. The summed E-state index contributed by atoms with van der Waals surface area (Å²) in [7, 11) is -0.816. The van der Waals surface area contributed by atoms with Crippen LogP contribution in [-0.4, -0.2) is 59.2 Å². The normalized spacial score (nSPS) is 22.7. The molecule has 0 amide bonds. The molecule has 0 bridgehead atoms. The van der Waals surface area contributed by atoms with Gasteiger partial charge in [0.05, 0.1) is 11.5 Å². The Hall–Kier alpha value is -0.950. The molecule has 18 heavy (non-hydrogen) atoms. The molecule has 1 aromatic heterocycles. The van der Waals surface area contributed by atoms with Crippen LogP contribution in [0.2, 0.25) is 0 Å². The van der Waals surface area contributed by atoms with Gasteiger partial charge in [0.25, 0.3) is 0 Å². The molecule has 0 N–H and O–H groups in total. The maximum absolute atomic E-state index is 11.4. The van der Waals surface area contributed by atoms with Crippen molar-refractivity contribution in [2.45, 2.75) is 32.4 Å². The average molecular weight is 272 g/mol. The van der Waals surface area contributed by atoms with Crippen molar-refractivity contribution in [1.82, 2.24) is 19.7 Å². The first kappa shape index (κ1) is 13.5. The van der Waals surface area contributed by atoms with Gasteiger partial charge in [-0.2, -0.15) is 5.10 Å². The molecule has 1 fully saturated rings. The summed E-state index contributed by atoms with van der Waals surface area (Å²) in [6.07, 6.45) is 3.12. The van der Waals surface area contributed by atoms with Gasteiger partial charge in [-0.05, 0) is 20.4 Å². The van der Waals surface area contributed by atoms with E-state index < -0.39 is 9.84 Å². The second-order valence-corrected chi connectivity index (χ2v) is 7.01. The van der Waals surface area contributed by atoms with Gasteiger partial charge in [-0.15, -0.1) is 0 Å². The Bertz CT molecular complexity index is 497. The highest BCUT2D eigenvalue weighted by atomic mass is 32.2. The van der Waals surface area contributed by atoms with E-state index in [0.29, 0.717) is 11.5 Å². The molecule has 2 heterocycles. The number of aryl methyl sites for hydroxylation is 1. The summed E-state index contributed by atoms with van der Waals surface area (Å²) < 4.78 is 24.7. The molecule has 1 saturated heterocycles. The second kappa shape index (κ2) is 5.36. The van der Waals surface area contributed by atoms with Crippen LogP contribution >= 0.6 is 0 Å². The Morgan fingerprint density at radius 1 is 1.56 bits per heavy atom. The van der Waals surface area contributed by atoms with Crippen LogP contribution in [-0.2, 0) is 22.8 Å². The zero-order valence-electron chi connectivity index (χ0n) is 10.9. The zero-order valence-corrected chi connectivity index (χ0v) is 11.7. The molecule has 2 rings (SSSR count). The largest absolute Gasteiger partial charge is 0.302 e. The fourth-order valence-electron chi connectivity index (χ4n) is 2.33. The number of hydrogen-bond acceptors (Lipinski definition) is 5. The van der Waals surface area contributed by atoms with Crippen LogP contribution in [0.25, 0.3) is 0 Å². The fourth-order valence-corrected chi connectivity index (χ4v) is 4.13. The van der Waals surface area contributed by atoms with Crippen molar-refractivity contribution in [2.24, 2.45) is 0 Å². The van der Waals surface area contributed by atoms with E-state index in [2.05, 4.69) is 15.0 Å². The maximum Gasteiger partial charge on any atom is 0.151 e.